The van der Waals surface area contributed by atoms with E-state index in [0.29, 0.717) is 17.5 Å². The van der Waals surface area contributed by atoms with Gasteiger partial charge in [0.05, 0.1) is 10.5 Å². The minimum absolute atomic E-state index is 0.101. The summed E-state index contributed by atoms with van der Waals surface area (Å²) in [5.74, 6) is 1.03. The fraction of sp³-hybridized carbons (Fsp3) is 0.351. The highest BCUT2D eigenvalue weighted by Crippen LogP contribution is 2.45. The lowest BCUT2D eigenvalue weighted by Gasteiger charge is -2.48. The number of rotatable bonds is 6. The fourth-order valence-electron chi connectivity index (χ4n) is 7.65. The van der Waals surface area contributed by atoms with E-state index in [1.165, 1.54) is 41.6 Å². The summed E-state index contributed by atoms with van der Waals surface area (Å²) in [7, 11) is 0. The van der Waals surface area contributed by atoms with Gasteiger partial charge in [-0.1, -0.05) is 97.1 Å². The molecule has 1 aliphatic carbocycles. The van der Waals surface area contributed by atoms with Gasteiger partial charge < -0.3 is 4.90 Å². The Hall–Kier alpha value is -3.54. The number of thiazole rings is 1. The first-order chi connectivity index (χ1) is 20.7. The summed E-state index contributed by atoms with van der Waals surface area (Å²) in [5.41, 5.74) is 5.40. The maximum absolute atomic E-state index is 13.6. The maximum atomic E-state index is 13.6. The second-order valence-corrected chi connectivity index (χ2v) is 12.9. The molecule has 2 saturated heterocycles. The number of nitrogens with zero attached hydrogens (tertiary/aromatic N) is 3. The molecule has 1 atom stereocenters. The van der Waals surface area contributed by atoms with E-state index in [4.69, 9.17) is 4.98 Å². The minimum atomic E-state index is -0.378. The van der Waals surface area contributed by atoms with Crippen molar-refractivity contribution in [1.29, 1.82) is 0 Å². The molecule has 0 spiro atoms. The number of aromatic nitrogens is 1. The number of likely N-dealkylation sites (tertiary alicyclic amines) is 2. The van der Waals surface area contributed by atoms with Gasteiger partial charge in [-0.15, -0.1) is 11.3 Å². The van der Waals surface area contributed by atoms with E-state index in [9.17, 15) is 4.79 Å². The molecule has 1 unspecified atom stereocenters. The third-order valence-electron chi connectivity index (χ3n) is 9.65. The van der Waals surface area contributed by atoms with Crippen molar-refractivity contribution in [3.05, 3.63) is 136 Å². The van der Waals surface area contributed by atoms with Crippen molar-refractivity contribution < 1.29 is 4.79 Å². The Morgan fingerprint density at radius 3 is 1.88 bits per heavy atom. The summed E-state index contributed by atoms with van der Waals surface area (Å²) in [4.78, 5) is 23.3. The van der Waals surface area contributed by atoms with E-state index in [1.54, 1.807) is 11.3 Å². The van der Waals surface area contributed by atoms with Crippen LogP contribution in [-0.4, -0.2) is 40.3 Å². The van der Waals surface area contributed by atoms with Gasteiger partial charge in [0.25, 0.3) is 5.91 Å². The molecule has 4 aromatic rings. The van der Waals surface area contributed by atoms with Crippen LogP contribution in [-0.2, 0) is 5.54 Å². The molecule has 3 aromatic carbocycles. The van der Waals surface area contributed by atoms with Crippen LogP contribution < -0.4 is 0 Å². The van der Waals surface area contributed by atoms with Gasteiger partial charge in [0.1, 0.15) is 5.69 Å². The molecule has 3 heterocycles. The number of carbonyl (C=O) groups excluding carboxylic acids is 1. The molecule has 42 heavy (non-hydrogen) atoms. The smallest absolute Gasteiger partial charge is 0.277 e. The number of piperidine rings is 2. The van der Waals surface area contributed by atoms with Crippen LogP contribution in [0.15, 0.2) is 108 Å². The standard InChI is InChI=1S/C37H39N3OS/c41-36(40-24-12-14-28-13-10-11-21-34(28)40)33-27-42-35(38-33)29-22-25-39(26-23-29)37(30-15-4-1-5-16-30,31-17-6-2-7-18-31)32-19-8-3-9-20-32/h1-9,15-21,27-29H,10-14,22-26H2. The van der Waals surface area contributed by atoms with Crippen LogP contribution in [0.3, 0.4) is 0 Å². The van der Waals surface area contributed by atoms with Crippen molar-refractivity contribution in [2.24, 2.45) is 5.92 Å². The Labute approximate surface area is 253 Å². The Kier molecular flexibility index (Phi) is 7.79. The summed E-state index contributed by atoms with van der Waals surface area (Å²) in [5, 5.41) is 3.13. The third kappa shape index (κ3) is 4.93. The Balaban J connectivity index is 1.15. The Morgan fingerprint density at radius 2 is 1.29 bits per heavy atom. The van der Waals surface area contributed by atoms with Gasteiger partial charge in [0, 0.05) is 36.6 Å². The zero-order valence-corrected chi connectivity index (χ0v) is 25.0. The van der Waals surface area contributed by atoms with Crippen LogP contribution >= 0.6 is 11.3 Å². The van der Waals surface area contributed by atoms with Crippen LogP contribution in [0.5, 0.6) is 0 Å². The number of amides is 1. The maximum Gasteiger partial charge on any atom is 0.277 e. The molecule has 1 aromatic heterocycles. The van der Waals surface area contributed by atoms with Gasteiger partial charge in [-0.2, -0.15) is 0 Å². The summed E-state index contributed by atoms with van der Waals surface area (Å²) in [6.45, 7) is 2.73. The molecule has 0 N–H and O–H groups in total. The van der Waals surface area contributed by atoms with Gasteiger partial charge in [0.2, 0.25) is 0 Å². The monoisotopic (exact) mass is 573 g/mol. The third-order valence-corrected chi connectivity index (χ3v) is 10.7. The molecule has 214 valence electrons. The summed E-state index contributed by atoms with van der Waals surface area (Å²) in [6, 6.07) is 32.9. The summed E-state index contributed by atoms with van der Waals surface area (Å²) >= 11 is 1.68. The number of carbonyl (C=O) groups is 1. The Bertz CT molecular complexity index is 1430. The zero-order chi connectivity index (χ0) is 28.4. The SMILES string of the molecule is O=C(c1csc(C2CCN(C(c3ccccc3)(c3ccccc3)c3ccccc3)CC2)n1)N1CCCC2CCCC=C21. The molecule has 0 saturated carbocycles. The average molecular weight is 574 g/mol. The molecule has 5 heteroatoms. The molecule has 0 radical (unpaired) electrons. The van der Waals surface area contributed by atoms with Crippen LogP contribution in [0.25, 0.3) is 0 Å². The van der Waals surface area contributed by atoms with E-state index >= 15 is 0 Å². The Morgan fingerprint density at radius 1 is 0.714 bits per heavy atom. The highest BCUT2D eigenvalue weighted by atomic mass is 32.1. The zero-order valence-electron chi connectivity index (χ0n) is 24.2. The van der Waals surface area contributed by atoms with E-state index in [-0.39, 0.29) is 11.4 Å². The van der Waals surface area contributed by atoms with Crippen LogP contribution in [0.1, 0.15) is 83.1 Å². The second kappa shape index (κ2) is 12.0. The second-order valence-electron chi connectivity index (χ2n) is 12.0. The fourth-order valence-corrected chi connectivity index (χ4v) is 8.62. The lowest BCUT2D eigenvalue weighted by Crippen LogP contribution is -2.51. The van der Waals surface area contributed by atoms with Gasteiger partial charge in [0.15, 0.2) is 0 Å². The van der Waals surface area contributed by atoms with Crippen molar-refractivity contribution in [2.45, 2.75) is 56.4 Å². The lowest BCUT2D eigenvalue weighted by atomic mass is 9.74. The number of hydrogen-bond donors (Lipinski definition) is 0. The first-order valence-corrected chi connectivity index (χ1v) is 16.5. The molecule has 4 nitrogen and oxygen atoms in total. The molecule has 3 aliphatic rings. The van der Waals surface area contributed by atoms with Crippen LogP contribution in [0.4, 0.5) is 0 Å². The highest BCUT2D eigenvalue weighted by Gasteiger charge is 2.43. The molecular weight excluding hydrogens is 534 g/mol. The van der Waals surface area contributed by atoms with E-state index in [0.717, 1.165) is 50.3 Å². The number of benzene rings is 3. The lowest BCUT2D eigenvalue weighted by molar-refractivity contribution is 0.0743. The highest BCUT2D eigenvalue weighted by molar-refractivity contribution is 7.09. The topological polar surface area (TPSA) is 36.4 Å². The number of hydrogen-bond acceptors (Lipinski definition) is 4. The average Bonchev–Trinajstić information content (AvgIpc) is 3.57. The van der Waals surface area contributed by atoms with E-state index in [1.807, 2.05) is 10.3 Å². The van der Waals surface area contributed by atoms with Crippen molar-refractivity contribution >= 4 is 17.2 Å². The largest absolute Gasteiger partial charge is 0.311 e. The molecule has 2 aliphatic heterocycles. The molecule has 1 amide bonds. The van der Waals surface area contributed by atoms with E-state index < -0.39 is 0 Å². The van der Waals surface area contributed by atoms with Crippen LogP contribution in [0.2, 0.25) is 0 Å². The predicted octanol–water partition coefficient (Wildman–Crippen LogP) is 8.23. The predicted molar refractivity (Wildman–Crippen MR) is 171 cm³/mol. The quantitative estimate of drug-likeness (QED) is 0.218. The molecule has 7 rings (SSSR count). The van der Waals surface area contributed by atoms with Crippen LogP contribution in [0, 0.1) is 5.92 Å². The van der Waals surface area contributed by atoms with Gasteiger partial charge >= 0.3 is 0 Å². The molecule has 0 bridgehead atoms. The molecule has 2 fully saturated rings. The van der Waals surface area contributed by atoms with Gasteiger partial charge in [-0.25, -0.2) is 4.98 Å². The van der Waals surface area contributed by atoms with Crippen molar-refractivity contribution in [3.63, 3.8) is 0 Å². The summed E-state index contributed by atoms with van der Waals surface area (Å²) in [6.07, 6.45) is 10.2. The first kappa shape index (κ1) is 27.3. The minimum Gasteiger partial charge on any atom is -0.311 e. The van der Waals surface area contributed by atoms with Crippen molar-refractivity contribution in [2.75, 3.05) is 19.6 Å². The molecular formula is C37H39N3OS. The first-order valence-electron chi connectivity index (χ1n) is 15.6. The number of fused-ring (bicyclic) bond motifs is 1. The van der Waals surface area contributed by atoms with Gasteiger partial charge in [-0.05, 0) is 67.6 Å². The number of allylic oxidation sites excluding steroid dienone is 2. The van der Waals surface area contributed by atoms with E-state index in [2.05, 4.69) is 102 Å². The normalized spacial score (nSPS) is 20.1. The van der Waals surface area contributed by atoms with Crippen molar-refractivity contribution in [3.8, 4) is 0 Å². The summed E-state index contributed by atoms with van der Waals surface area (Å²) < 4.78 is 0. The van der Waals surface area contributed by atoms with Gasteiger partial charge in [-0.3, -0.25) is 9.69 Å². The van der Waals surface area contributed by atoms with Crippen molar-refractivity contribution in [1.82, 2.24) is 14.8 Å².